The van der Waals surface area contributed by atoms with E-state index in [9.17, 15) is 14.7 Å². The van der Waals surface area contributed by atoms with Crippen molar-refractivity contribution in [3.8, 4) is 0 Å². The summed E-state index contributed by atoms with van der Waals surface area (Å²) in [6.07, 6.45) is 5.11. The van der Waals surface area contributed by atoms with Crippen LogP contribution in [0.5, 0.6) is 0 Å². The molecule has 1 N–H and O–H groups in total. The van der Waals surface area contributed by atoms with E-state index in [1.54, 1.807) is 36.6 Å². The number of ketones is 1. The fourth-order valence-corrected chi connectivity index (χ4v) is 4.98. The third-order valence-corrected chi connectivity index (χ3v) is 6.66. The predicted octanol–water partition coefficient (Wildman–Crippen LogP) is 4.94. The van der Waals surface area contributed by atoms with Gasteiger partial charge in [-0.2, -0.15) is 0 Å². The molecule has 2 aliphatic rings. The van der Waals surface area contributed by atoms with Crippen molar-refractivity contribution >= 4 is 23.3 Å². The van der Waals surface area contributed by atoms with E-state index in [0.717, 1.165) is 31.7 Å². The Kier molecular flexibility index (Phi) is 5.83. The van der Waals surface area contributed by atoms with Gasteiger partial charge in [0.1, 0.15) is 5.76 Å². The zero-order valence-corrected chi connectivity index (χ0v) is 18.6. The first-order valence-corrected chi connectivity index (χ1v) is 11.3. The molecule has 2 atom stereocenters. The lowest BCUT2D eigenvalue weighted by molar-refractivity contribution is -0.130. The summed E-state index contributed by atoms with van der Waals surface area (Å²) < 4.78 is 11.0. The maximum Gasteiger partial charge on any atom is 0.290 e. The molecular formula is C25H23ClN2O5. The third kappa shape index (κ3) is 3.87. The van der Waals surface area contributed by atoms with Crippen molar-refractivity contribution in [1.82, 2.24) is 9.80 Å². The molecule has 2 unspecified atom stereocenters. The highest BCUT2D eigenvalue weighted by atomic mass is 35.5. The first-order chi connectivity index (χ1) is 16.1. The first-order valence-electron chi connectivity index (χ1n) is 10.9. The van der Waals surface area contributed by atoms with E-state index in [1.807, 2.05) is 12.1 Å². The molecule has 5 rings (SSSR count). The molecule has 33 heavy (non-hydrogen) atoms. The molecule has 0 spiro atoms. The van der Waals surface area contributed by atoms with Crippen LogP contribution in [0.15, 0.2) is 81.2 Å². The summed E-state index contributed by atoms with van der Waals surface area (Å²) in [5, 5.41) is 11.3. The summed E-state index contributed by atoms with van der Waals surface area (Å²) in [6, 6.07) is 12.8. The summed E-state index contributed by atoms with van der Waals surface area (Å²) in [5.41, 5.74) is 0.522. The molecule has 2 aliphatic heterocycles. The number of nitrogens with zero attached hydrogens (tertiary/aromatic N) is 2. The average Bonchev–Trinajstić information content (AvgIpc) is 3.62. The van der Waals surface area contributed by atoms with Crippen molar-refractivity contribution < 1.29 is 23.5 Å². The van der Waals surface area contributed by atoms with Gasteiger partial charge in [-0.1, -0.05) is 29.8 Å². The number of furan rings is 2. The Morgan fingerprint density at radius 2 is 1.79 bits per heavy atom. The van der Waals surface area contributed by atoms with Crippen LogP contribution in [0.3, 0.4) is 0 Å². The molecule has 0 aliphatic carbocycles. The summed E-state index contributed by atoms with van der Waals surface area (Å²) in [4.78, 5) is 30.4. The molecule has 170 valence electrons. The van der Waals surface area contributed by atoms with E-state index >= 15 is 0 Å². The van der Waals surface area contributed by atoms with Gasteiger partial charge in [0.05, 0.1) is 30.2 Å². The maximum absolute atomic E-state index is 13.3. The van der Waals surface area contributed by atoms with Crippen LogP contribution in [0.4, 0.5) is 0 Å². The molecule has 7 nitrogen and oxygen atoms in total. The monoisotopic (exact) mass is 466 g/mol. The number of Topliss-reactive ketones (excluding diaryl/α,β-unsaturated/α-hetero) is 1. The summed E-state index contributed by atoms with van der Waals surface area (Å²) in [7, 11) is 0. The summed E-state index contributed by atoms with van der Waals surface area (Å²) >= 11 is 6.52. The molecule has 3 aromatic rings. The van der Waals surface area contributed by atoms with Crippen molar-refractivity contribution in [3.05, 3.63) is 94.5 Å². The van der Waals surface area contributed by atoms with Gasteiger partial charge in [0, 0.05) is 11.6 Å². The fourth-order valence-electron chi connectivity index (χ4n) is 4.74. The van der Waals surface area contributed by atoms with Gasteiger partial charge in [-0.05, 0) is 61.8 Å². The Morgan fingerprint density at radius 3 is 2.45 bits per heavy atom. The smallest absolute Gasteiger partial charge is 0.290 e. The second kappa shape index (κ2) is 8.92. The van der Waals surface area contributed by atoms with Crippen LogP contribution in [0.2, 0.25) is 5.02 Å². The van der Waals surface area contributed by atoms with Crippen LogP contribution in [-0.2, 0) is 4.79 Å². The van der Waals surface area contributed by atoms with Crippen LogP contribution < -0.4 is 0 Å². The SMILES string of the molecule is O=C(C1=C(O)C(=O)N(CC(c2ccco2)N2CCCC2)C1c1ccccc1Cl)c1ccco1. The van der Waals surface area contributed by atoms with E-state index in [4.69, 9.17) is 20.4 Å². The zero-order chi connectivity index (χ0) is 22.9. The molecule has 0 radical (unpaired) electrons. The highest BCUT2D eigenvalue weighted by molar-refractivity contribution is 6.31. The number of carbonyl (C=O) groups is 2. The second-order valence-electron chi connectivity index (χ2n) is 8.22. The normalized spacial score (nSPS) is 20.1. The van der Waals surface area contributed by atoms with Gasteiger partial charge >= 0.3 is 0 Å². The predicted molar refractivity (Wildman–Crippen MR) is 121 cm³/mol. The maximum atomic E-state index is 13.3. The minimum absolute atomic E-state index is 0.0392. The Hall–Kier alpha value is -3.29. The van der Waals surface area contributed by atoms with Crippen LogP contribution in [0, 0.1) is 0 Å². The van der Waals surface area contributed by atoms with Crippen molar-refractivity contribution in [2.24, 2.45) is 0 Å². The van der Waals surface area contributed by atoms with Gasteiger partial charge in [0.15, 0.2) is 11.5 Å². The Labute approximate surface area is 195 Å². The number of aliphatic hydroxyl groups excluding tert-OH is 1. The zero-order valence-electron chi connectivity index (χ0n) is 17.8. The number of halogens is 1. The van der Waals surface area contributed by atoms with Crippen molar-refractivity contribution in [1.29, 1.82) is 0 Å². The number of hydrogen-bond donors (Lipinski definition) is 1. The summed E-state index contributed by atoms with van der Waals surface area (Å²) in [6.45, 7) is 1.98. The molecule has 0 saturated carbocycles. The minimum atomic E-state index is -0.858. The number of carbonyl (C=O) groups excluding carboxylic acids is 2. The molecule has 1 saturated heterocycles. The lowest BCUT2D eigenvalue weighted by Crippen LogP contribution is -2.40. The Morgan fingerprint density at radius 1 is 1.06 bits per heavy atom. The van der Waals surface area contributed by atoms with Gasteiger partial charge in [-0.15, -0.1) is 0 Å². The van der Waals surface area contributed by atoms with Crippen LogP contribution >= 0.6 is 11.6 Å². The van der Waals surface area contributed by atoms with Gasteiger partial charge < -0.3 is 18.8 Å². The first kappa shape index (κ1) is 21.6. The average molecular weight is 467 g/mol. The number of benzene rings is 1. The van der Waals surface area contributed by atoms with E-state index in [-0.39, 0.29) is 23.9 Å². The topological polar surface area (TPSA) is 87.1 Å². The van der Waals surface area contributed by atoms with Crippen LogP contribution in [-0.4, -0.2) is 46.2 Å². The number of rotatable bonds is 7. The number of aliphatic hydroxyl groups is 1. The summed E-state index contributed by atoms with van der Waals surface area (Å²) in [5.74, 6) is -0.973. The second-order valence-corrected chi connectivity index (χ2v) is 8.63. The standard InChI is InChI=1S/C25H23ClN2O5/c26-17-8-2-1-7-16(17)22-21(23(29)20-10-6-14-33-20)24(30)25(31)28(22)15-18(19-9-5-13-32-19)27-11-3-4-12-27/h1-2,5-10,13-14,18,22,30H,3-4,11-12,15H2. The molecule has 1 amide bonds. The lowest BCUT2D eigenvalue weighted by atomic mass is 9.94. The van der Waals surface area contributed by atoms with Gasteiger partial charge in [0.2, 0.25) is 5.78 Å². The van der Waals surface area contributed by atoms with E-state index < -0.39 is 23.5 Å². The highest BCUT2D eigenvalue weighted by Crippen LogP contribution is 2.43. The molecule has 8 heteroatoms. The number of hydrogen-bond acceptors (Lipinski definition) is 6. The van der Waals surface area contributed by atoms with Crippen LogP contribution in [0.25, 0.3) is 0 Å². The highest BCUT2D eigenvalue weighted by Gasteiger charge is 2.46. The van der Waals surface area contributed by atoms with Crippen LogP contribution in [0.1, 0.15) is 46.8 Å². The molecule has 4 heterocycles. The van der Waals surface area contributed by atoms with E-state index in [2.05, 4.69) is 4.90 Å². The van der Waals surface area contributed by atoms with Gasteiger partial charge in [-0.25, -0.2) is 0 Å². The molecule has 0 bridgehead atoms. The molecule has 1 aromatic carbocycles. The molecule has 1 fully saturated rings. The Balaban J connectivity index is 1.58. The third-order valence-electron chi connectivity index (χ3n) is 6.32. The Bertz CT molecular complexity index is 1180. The van der Waals surface area contributed by atoms with E-state index in [1.165, 1.54) is 17.2 Å². The molecular weight excluding hydrogens is 444 g/mol. The fraction of sp³-hybridized carbons (Fsp3) is 0.280. The van der Waals surface area contributed by atoms with Gasteiger partial charge in [0.25, 0.3) is 5.91 Å². The van der Waals surface area contributed by atoms with Crippen molar-refractivity contribution in [2.45, 2.75) is 24.9 Å². The minimum Gasteiger partial charge on any atom is -0.503 e. The van der Waals surface area contributed by atoms with Crippen molar-refractivity contribution in [2.75, 3.05) is 19.6 Å². The quantitative estimate of drug-likeness (QED) is 0.496. The largest absolute Gasteiger partial charge is 0.503 e. The molecule has 2 aromatic heterocycles. The van der Waals surface area contributed by atoms with Gasteiger partial charge in [-0.3, -0.25) is 14.5 Å². The number of likely N-dealkylation sites (tertiary alicyclic amines) is 1. The van der Waals surface area contributed by atoms with Crippen molar-refractivity contribution in [3.63, 3.8) is 0 Å². The lowest BCUT2D eigenvalue weighted by Gasteiger charge is -2.34. The van der Waals surface area contributed by atoms with E-state index in [0.29, 0.717) is 10.6 Å². The number of amides is 1.